The van der Waals surface area contributed by atoms with Crippen molar-refractivity contribution in [2.24, 2.45) is 0 Å². The highest BCUT2D eigenvalue weighted by Gasteiger charge is 2.13. The molecule has 1 N–H and O–H groups in total. The predicted molar refractivity (Wildman–Crippen MR) is 103 cm³/mol. The third kappa shape index (κ3) is 5.28. The second-order valence-corrected chi connectivity index (χ2v) is 6.54. The number of anilines is 1. The summed E-state index contributed by atoms with van der Waals surface area (Å²) in [6.45, 7) is -0.387. The van der Waals surface area contributed by atoms with Crippen molar-refractivity contribution in [1.82, 2.24) is 4.90 Å². The lowest BCUT2D eigenvalue weighted by Gasteiger charge is -2.11. The Labute approximate surface area is 159 Å². The monoisotopic (exact) mass is 452 g/mol. The molecular formula is C18H17IN2O4. The molecule has 2 amide bonds. The van der Waals surface area contributed by atoms with Gasteiger partial charge < -0.3 is 15.0 Å². The van der Waals surface area contributed by atoms with Gasteiger partial charge in [-0.05, 0) is 59.0 Å². The number of nitrogens with one attached hydrogen (secondary N) is 1. The second-order valence-electron chi connectivity index (χ2n) is 5.38. The van der Waals surface area contributed by atoms with Crippen molar-refractivity contribution < 1.29 is 19.1 Å². The Hall–Kier alpha value is -2.42. The highest BCUT2D eigenvalue weighted by Crippen LogP contribution is 2.13. The van der Waals surface area contributed by atoms with Gasteiger partial charge in [-0.3, -0.25) is 9.59 Å². The van der Waals surface area contributed by atoms with Crippen LogP contribution in [0.2, 0.25) is 0 Å². The standard InChI is InChI=1S/C18H17IN2O4/c1-21(2)17(23)12-7-9-13(10-8-12)20-16(22)11-25-18(24)14-5-3-4-6-15(14)19/h3-10H,11H2,1-2H3,(H,20,22). The molecule has 0 aromatic heterocycles. The van der Waals surface area contributed by atoms with E-state index in [2.05, 4.69) is 5.32 Å². The van der Waals surface area contributed by atoms with E-state index >= 15 is 0 Å². The molecule has 0 aliphatic rings. The SMILES string of the molecule is CN(C)C(=O)c1ccc(NC(=O)COC(=O)c2ccccc2I)cc1. The summed E-state index contributed by atoms with van der Waals surface area (Å²) in [7, 11) is 3.33. The van der Waals surface area contributed by atoms with Crippen molar-refractivity contribution in [3.05, 3.63) is 63.2 Å². The molecule has 0 aliphatic heterocycles. The van der Waals surface area contributed by atoms with E-state index in [9.17, 15) is 14.4 Å². The molecule has 0 saturated heterocycles. The Morgan fingerprint density at radius 3 is 2.28 bits per heavy atom. The lowest BCUT2D eigenvalue weighted by Crippen LogP contribution is -2.22. The van der Waals surface area contributed by atoms with Crippen LogP contribution in [0.1, 0.15) is 20.7 Å². The van der Waals surface area contributed by atoms with Crippen LogP contribution in [0.15, 0.2) is 48.5 Å². The van der Waals surface area contributed by atoms with E-state index in [-0.39, 0.29) is 12.5 Å². The zero-order chi connectivity index (χ0) is 18.4. The summed E-state index contributed by atoms with van der Waals surface area (Å²) in [6, 6.07) is 13.5. The first-order valence-electron chi connectivity index (χ1n) is 7.41. The maximum atomic E-state index is 12.0. The van der Waals surface area contributed by atoms with Gasteiger partial charge in [0.05, 0.1) is 5.56 Å². The van der Waals surface area contributed by atoms with E-state index in [1.165, 1.54) is 4.90 Å². The highest BCUT2D eigenvalue weighted by atomic mass is 127. The normalized spacial score (nSPS) is 10.0. The zero-order valence-electron chi connectivity index (χ0n) is 13.8. The quantitative estimate of drug-likeness (QED) is 0.560. The molecule has 0 saturated carbocycles. The van der Waals surface area contributed by atoms with Crippen LogP contribution in [0, 0.1) is 3.57 Å². The van der Waals surface area contributed by atoms with E-state index in [1.807, 2.05) is 28.7 Å². The smallest absolute Gasteiger partial charge is 0.339 e. The first kappa shape index (κ1) is 18.9. The van der Waals surface area contributed by atoms with Gasteiger partial charge in [-0.1, -0.05) is 12.1 Å². The van der Waals surface area contributed by atoms with Crippen molar-refractivity contribution in [2.75, 3.05) is 26.0 Å². The van der Waals surface area contributed by atoms with Gasteiger partial charge in [0, 0.05) is 28.9 Å². The fourth-order valence-electron chi connectivity index (χ4n) is 1.99. The first-order chi connectivity index (χ1) is 11.9. The Balaban J connectivity index is 1.89. The van der Waals surface area contributed by atoms with E-state index in [0.717, 1.165) is 3.57 Å². The third-order valence-electron chi connectivity index (χ3n) is 3.25. The predicted octanol–water partition coefficient (Wildman–Crippen LogP) is 2.79. The summed E-state index contributed by atoms with van der Waals surface area (Å²) >= 11 is 2.03. The van der Waals surface area contributed by atoms with Crippen LogP contribution in [-0.4, -0.2) is 43.4 Å². The average Bonchev–Trinajstić information content (AvgIpc) is 2.60. The van der Waals surface area contributed by atoms with Gasteiger partial charge in [-0.2, -0.15) is 0 Å². The van der Waals surface area contributed by atoms with Gasteiger partial charge >= 0.3 is 5.97 Å². The molecule has 0 unspecified atom stereocenters. The summed E-state index contributed by atoms with van der Waals surface area (Å²) in [5, 5.41) is 2.62. The van der Waals surface area contributed by atoms with E-state index in [0.29, 0.717) is 16.8 Å². The number of carbonyl (C=O) groups is 3. The number of rotatable bonds is 5. The molecule has 2 aromatic carbocycles. The molecule has 0 heterocycles. The van der Waals surface area contributed by atoms with Gasteiger partial charge in [0.15, 0.2) is 6.61 Å². The van der Waals surface area contributed by atoms with Crippen molar-refractivity contribution >= 4 is 46.1 Å². The molecule has 2 rings (SSSR count). The minimum Gasteiger partial charge on any atom is -0.452 e. The number of nitrogens with zero attached hydrogens (tertiary/aromatic N) is 1. The Bertz CT molecular complexity index is 788. The summed E-state index contributed by atoms with van der Waals surface area (Å²) in [5.41, 5.74) is 1.46. The number of hydrogen-bond donors (Lipinski definition) is 1. The average molecular weight is 452 g/mol. The molecule has 0 aliphatic carbocycles. The number of esters is 1. The van der Waals surface area contributed by atoms with Crippen molar-refractivity contribution in [3.63, 3.8) is 0 Å². The van der Waals surface area contributed by atoms with Crippen LogP contribution in [0.25, 0.3) is 0 Å². The van der Waals surface area contributed by atoms with Crippen molar-refractivity contribution in [2.45, 2.75) is 0 Å². The molecule has 0 spiro atoms. The maximum Gasteiger partial charge on any atom is 0.339 e. The molecule has 25 heavy (non-hydrogen) atoms. The molecule has 0 bridgehead atoms. The maximum absolute atomic E-state index is 12.0. The van der Waals surface area contributed by atoms with Crippen LogP contribution in [0.3, 0.4) is 0 Å². The molecule has 0 radical (unpaired) electrons. The lowest BCUT2D eigenvalue weighted by atomic mass is 10.2. The number of hydrogen-bond acceptors (Lipinski definition) is 4. The topological polar surface area (TPSA) is 75.7 Å². The largest absolute Gasteiger partial charge is 0.452 e. The van der Waals surface area contributed by atoms with Gasteiger partial charge in [-0.25, -0.2) is 4.79 Å². The fraction of sp³-hybridized carbons (Fsp3) is 0.167. The minimum absolute atomic E-state index is 0.121. The Morgan fingerprint density at radius 1 is 1.04 bits per heavy atom. The summed E-state index contributed by atoms with van der Waals surface area (Å²) in [5.74, 6) is -1.12. The van der Waals surface area contributed by atoms with Crippen LogP contribution in [0.4, 0.5) is 5.69 Å². The fourth-order valence-corrected chi connectivity index (χ4v) is 2.59. The van der Waals surface area contributed by atoms with Gasteiger partial charge in [0.1, 0.15) is 0 Å². The molecule has 2 aromatic rings. The highest BCUT2D eigenvalue weighted by molar-refractivity contribution is 14.1. The van der Waals surface area contributed by atoms with Crippen molar-refractivity contribution in [3.8, 4) is 0 Å². The molecule has 6 nitrogen and oxygen atoms in total. The molecule has 0 fully saturated rings. The number of carbonyl (C=O) groups excluding carboxylic acids is 3. The van der Waals surface area contributed by atoms with Crippen LogP contribution in [-0.2, 0) is 9.53 Å². The van der Waals surface area contributed by atoms with Crippen molar-refractivity contribution in [1.29, 1.82) is 0 Å². The van der Waals surface area contributed by atoms with E-state index in [4.69, 9.17) is 4.74 Å². The van der Waals surface area contributed by atoms with Crippen LogP contribution in [0.5, 0.6) is 0 Å². The molecule has 7 heteroatoms. The summed E-state index contributed by atoms with van der Waals surface area (Å²) in [6.07, 6.45) is 0. The number of halogens is 1. The van der Waals surface area contributed by atoms with Gasteiger partial charge in [0.2, 0.25) is 0 Å². The van der Waals surface area contributed by atoms with Gasteiger partial charge in [-0.15, -0.1) is 0 Å². The molecule has 130 valence electrons. The molecule has 0 atom stereocenters. The third-order valence-corrected chi connectivity index (χ3v) is 4.19. The zero-order valence-corrected chi connectivity index (χ0v) is 15.9. The number of amides is 2. The Morgan fingerprint density at radius 2 is 1.68 bits per heavy atom. The summed E-state index contributed by atoms with van der Waals surface area (Å²) in [4.78, 5) is 37.1. The molecular weight excluding hydrogens is 435 g/mol. The number of ether oxygens (including phenoxy) is 1. The lowest BCUT2D eigenvalue weighted by molar-refractivity contribution is -0.119. The van der Waals surface area contributed by atoms with E-state index < -0.39 is 11.9 Å². The van der Waals surface area contributed by atoms with Crippen LogP contribution >= 0.6 is 22.6 Å². The second kappa shape index (κ2) is 8.61. The van der Waals surface area contributed by atoms with Crippen LogP contribution < -0.4 is 5.32 Å². The summed E-state index contributed by atoms with van der Waals surface area (Å²) < 4.78 is 5.78. The van der Waals surface area contributed by atoms with E-state index in [1.54, 1.807) is 56.6 Å². The Kier molecular flexibility index (Phi) is 6.51. The minimum atomic E-state index is -0.549. The number of benzene rings is 2. The first-order valence-corrected chi connectivity index (χ1v) is 8.49. The van der Waals surface area contributed by atoms with Gasteiger partial charge in [0.25, 0.3) is 11.8 Å².